The van der Waals surface area contributed by atoms with Gasteiger partial charge in [0, 0.05) is 0 Å². The first-order valence-electron chi connectivity index (χ1n) is 8.31. The molecule has 0 spiro atoms. The second-order valence-corrected chi connectivity index (χ2v) is 8.31. The first kappa shape index (κ1) is 22.1. The summed E-state index contributed by atoms with van der Waals surface area (Å²) in [5, 5.41) is 0. The predicted molar refractivity (Wildman–Crippen MR) is 89.8 cm³/mol. The van der Waals surface area contributed by atoms with Crippen LogP contribution in [0.4, 0.5) is 0 Å². The molecule has 0 atom stereocenters. The van der Waals surface area contributed by atoms with E-state index < -0.39 is 0 Å². The lowest BCUT2D eigenvalue weighted by atomic mass is 10.1. The highest BCUT2D eigenvalue weighted by atomic mass is 79.9. The summed E-state index contributed by atoms with van der Waals surface area (Å²) in [5.41, 5.74) is 0. The van der Waals surface area contributed by atoms with Crippen molar-refractivity contribution in [3.8, 4) is 0 Å². The van der Waals surface area contributed by atoms with Crippen LogP contribution < -0.4 is 17.0 Å². The number of hydrogen-bond acceptors (Lipinski definition) is 0. The number of halogens is 1. The largest absolute Gasteiger partial charge is 1.00 e. The number of rotatable bonds is 14. The Morgan fingerprint density at radius 2 is 0.842 bits per heavy atom. The van der Waals surface area contributed by atoms with E-state index in [1.807, 2.05) is 0 Å². The lowest BCUT2D eigenvalue weighted by Crippen LogP contribution is -3.00. The van der Waals surface area contributed by atoms with Gasteiger partial charge in [-0.05, 0) is 23.7 Å². The molecule has 118 valence electrons. The van der Waals surface area contributed by atoms with Gasteiger partial charge in [0.2, 0.25) is 0 Å². The normalized spacial score (nSPS) is 10.7. The molecule has 0 bridgehead atoms. The molecule has 0 fully saturated rings. The van der Waals surface area contributed by atoms with Gasteiger partial charge in [0.05, 0.1) is 12.5 Å². The van der Waals surface area contributed by atoms with E-state index in [2.05, 4.69) is 19.4 Å². The SMILES string of the molecule is CCCCCCCCCCCCCCC[S+](C)C.[Br-]. The highest BCUT2D eigenvalue weighted by Crippen LogP contribution is 2.12. The van der Waals surface area contributed by atoms with Gasteiger partial charge in [-0.2, -0.15) is 0 Å². The second-order valence-electron chi connectivity index (χ2n) is 5.93. The van der Waals surface area contributed by atoms with Crippen molar-refractivity contribution in [3.05, 3.63) is 0 Å². The molecule has 0 radical (unpaired) electrons. The monoisotopic (exact) mass is 352 g/mol. The van der Waals surface area contributed by atoms with Gasteiger partial charge < -0.3 is 17.0 Å². The Morgan fingerprint density at radius 1 is 0.526 bits per heavy atom. The van der Waals surface area contributed by atoms with Gasteiger partial charge in [-0.3, -0.25) is 0 Å². The molecule has 0 rings (SSSR count). The highest BCUT2D eigenvalue weighted by molar-refractivity contribution is 7.95. The lowest BCUT2D eigenvalue weighted by Gasteiger charge is -2.02. The summed E-state index contributed by atoms with van der Waals surface area (Å²) in [6, 6.07) is 0. The summed E-state index contributed by atoms with van der Waals surface area (Å²) < 4.78 is 0. The maximum atomic E-state index is 2.36. The molecule has 0 saturated heterocycles. The van der Waals surface area contributed by atoms with Gasteiger partial charge in [-0.15, -0.1) is 0 Å². The zero-order valence-electron chi connectivity index (χ0n) is 13.7. The molecule has 0 N–H and O–H groups in total. The van der Waals surface area contributed by atoms with Gasteiger partial charge in [-0.25, -0.2) is 0 Å². The minimum atomic E-state index is 0. The van der Waals surface area contributed by atoms with Crippen molar-refractivity contribution in [2.24, 2.45) is 0 Å². The quantitative estimate of drug-likeness (QED) is 0.333. The average molecular weight is 353 g/mol. The van der Waals surface area contributed by atoms with E-state index in [-0.39, 0.29) is 17.0 Å². The summed E-state index contributed by atoms with van der Waals surface area (Å²) in [6.07, 6.45) is 23.8. The zero-order valence-corrected chi connectivity index (χ0v) is 16.1. The van der Waals surface area contributed by atoms with Crippen LogP contribution in [0.3, 0.4) is 0 Å². The van der Waals surface area contributed by atoms with E-state index >= 15 is 0 Å². The molecule has 0 aliphatic heterocycles. The highest BCUT2D eigenvalue weighted by Gasteiger charge is 2.00. The van der Waals surface area contributed by atoms with Crippen LogP contribution in [-0.4, -0.2) is 18.3 Å². The minimum Gasteiger partial charge on any atom is -1.00 e. The Morgan fingerprint density at radius 3 is 1.16 bits per heavy atom. The summed E-state index contributed by atoms with van der Waals surface area (Å²) in [5.74, 6) is 1.46. The fourth-order valence-corrected chi connectivity index (χ4v) is 3.19. The van der Waals surface area contributed by atoms with Gasteiger partial charge >= 0.3 is 0 Å². The maximum absolute atomic E-state index is 2.36. The molecular weight excluding hydrogens is 316 g/mol. The maximum Gasteiger partial charge on any atom is 0.107 e. The van der Waals surface area contributed by atoms with E-state index in [0.29, 0.717) is 10.9 Å². The van der Waals surface area contributed by atoms with Gasteiger partial charge in [0.15, 0.2) is 0 Å². The van der Waals surface area contributed by atoms with E-state index in [0.717, 1.165) is 0 Å². The first-order chi connectivity index (χ1) is 8.77. The van der Waals surface area contributed by atoms with Crippen LogP contribution in [0, 0.1) is 0 Å². The molecule has 0 aromatic heterocycles. The summed E-state index contributed by atoms with van der Waals surface area (Å²) in [6.45, 7) is 2.29. The van der Waals surface area contributed by atoms with Crippen LogP contribution >= 0.6 is 0 Å². The number of hydrogen-bond donors (Lipinski definition) is 0. The molecular formula is C17H37BrS. The molecule has 0 nitrogen and oxygen atoms in total. The standard InChI is InChI=1S/C17H37S.BrH/c1-4-5-6-7-8-9-10-11-12-13-14-15-16-17-18(2)3;/h4-17H2,1-3H3;1H/q+1;/p-1. The molecule has 0 heterocycles. The predicted octanol–water partition coefficient (Wildman–Crippen LogP) is 2.96. The van der Waals surface area contributed by atoms with E-state index in [4.69, 9.17) is 0 Å². The molecule has 2 heteroatoms. The molecule has 0 aromatic carbocycles. The van der Waals surface area contributed by atoms with Crippen LogP contribution in [0.25, 0.3) is 0 Å². The van der Waals surface area contributed by atoms with Crippen LogP contribution in [0.2, 0.25) is 0 Å². The average Bonchev–Trinajstić information content (AvgIpc) is 2.34. The zero-order chi connectivity index (χ0) is 13.5. The molecule has 0 amide bonds. The smallest absolute Gasteiger partial charge is 0.107 e. The third-order valence-electron chi connectivity index (χ3n) is 3.66. The lowest BCUT2D eigenvalue weighted by molar-refractivity contribution is -0.00000417. The Hall–Kier alpha value is 0.830. The Bertz CT molecular complexity index is 148. The molecule has 0 aliphatic rings. The van der Waals surface area contributed by atoms with Crippen LogP contribution in [-0.2, 0) is 10.9 Å². The van der Waals surface area contributed by atoms with Crippen molar-refractivity contribution in [2.75, 3.05) is 18.3 Å². The Balaban J connectivity index is 0. The molecule has 0 unspecified atom stereocenters. The Kier molecular flexibility index (Phi) is 21.9. The van der Waals surface area contributed by atoms with Gasteiger partial charge in [-0.1, -0.05) is 77.6 Å². The summed E-state index contributed by atoms with van der Waals surface area (Å²) >= 11 is 0. The van der Waals surface area contributed by atoms with E-state index in [1.54, 1.807) is 0 Å². The van der Waals surface area contributed by atoms with E-state index in [1.165, 1.54) is 89.2 Å². The third kappa shape index (κ3) is 21.3. The van der Waals surface area contributed by atoms with Crippen LogP contribution in [0.5, 0.6) is 0 Å². The molecule has 0 aromatic rings. The van der Waals surface area contributed by atoms with Crippen molar-refractivity contribution in [2.45, 2.75) is 90.4 Å². The van der Waals surface area contributed by atoms with Crippen molar-refractivity contribution in [1.82, 2.24) is 0 Å². The second kappa shape index (κ2) is 18.8. The van der Waals surface area contributed by atoms with E-state index in [9.17, 15) is 0 Å². The van der Waals surface area contributed by atoms with Crippen molar-refractivity contribution < 1.29 is 17.0 Å². The van der Waals surface area contributed by atoms with Crippen molar-refractivity contribution in [3.63, 3.8) is 0 Å². The first-order valence-corrected chi connectivity index (χ1v) is 10.5. The summed E-state index contributed by atoms with van der Waals surface area (Å²) in [4.78, 5) is 0. The fraction of sp³-hybridized carbons (Fsp3) is 1.00. The van der Waals surface area contributed by atoms with Crippen molar-refractivity contribution in [1.29, 1.82) is 0 Å². The van der Waals surface area contributed by atoms with Crippen molar-refractivity contribution >= 4 is 10.9 Å². The molecule has 0 saturated carbocycles. The Labute approximate surface area is 136 Å². The third-order valence-corrected chi connectivity index (χ3v) is 4.76. The topological polar surface area (TPSA) is 0 Å². The summed E-state index contributed by atoms with van der Waals surface area (Å²) in [7, 11) is 0.669. The fourth-order valence-electron chi connectivity index (χ4n) is 2.41. The van der Waals surface area contributed by atoms with Crippen LogP contribution in [0.15, 0.2) is 0 Å². The van der Waals surface area contributed by atoms with Gasteiger partial charge in [0.1, 0.15) is 5.75 Å². The minimum absolute atomic E-state index is 0. The van der Waals surface area contributed by atoms with Gasteiger partial charge in [0.25, 0.3) is 0 Å². The molecule has 19 heavy (non-hydrogen) atoms. The number of unbranched alkanes of at least 4 members (excludes halogenated alkanes) is 12. The van der Waals surface area contributed by atoms with Crippen LogP contribution in [0.1, 0.15) is 90.4 Å². The molecule has 0 aliphatic carbocycles.